The molecule has 3 aromatic rings. The molecule has 2 bridgehead atoms. The number of carboxylic acids is 1. The molecular formula is C30H35N3O5S. The number of aryl methyl sites for hydroxylation is 2. The number of hydrogen-bond acceptors (Lipinski definition) is 7. The Labute approximate surface area is 232 Å². The Morgan fingerprint density at radius 2 is 1.87 bits per heavy atom. The number of carbonyl (C=O) groups excluding carboxylic acids is 1. The standard InChI is InChI=1S/C30H35N3O5S/c1-18-4-9-26(38-16-23-8-5-20(13-19(23)2)28(35)32(3)10-11-34)24(12-18)25-17-39-30(31-25)33-14-21-6-7-22(15-33)27(21)29(36)37/h4-5,8-9,12-13,17,21-22,27,34H,6-7,10-11,14-16H2,1-3H3,(H,36,37)/t21-,22-/m0/s1. The summed E-state index contributed by atoms with van der Waals surface area (Å²) in [5.41, 5.74) is 5.42. The van der Waals surface area contributed by atoms with Crippen LogP contribution in [0.5, 0.6) is 5.75 Å². The van der Waals surface area contributed by atoms with E-state index in [0.29, 0.717) is 18.7 Å². The highest BCUT2D eigenvalue weighted by atomic mass is 32.1. The fourth-order valence-electron chi connectivity index (χ4n) is 5.90. The zero-order valence-electron chi connectivity index (χ0n) is 22.6. The molecule has 2 heterocycles. The lowest BCUT2D eigenvalue weighted by Crippen LogP contribution is -2.44. The zero-order valence-corrected chi connectivity index (χ0v) is 23.4. The van der Waals surface area contributed by atoms with Crippen LogP contribution in [0.15, 0.2) is 41.8 Å². The summed E-state index contributed by atoms with van der Waals surface area (Å²) in [5, 5.41) is 21.7. The van der Waals surface area contributed by atoms with Gasteiger partial charge in [0.05, 0.1) is 18.2 Å². The third-order valence-corrected chi connectivity index (χ3v) is 8.95. The third-order valence-electron chi connectivity index (χ3n) is 8.05. The van der Waals surface area contributed by atoms with Crippen molar-refractivity contribution in [2.24, 2.45) is 17.8 Å². The van der Waals surface area contributed by atoms with Crippen molar-refractivity contribution in [1.82, 2.24) is 9.88 Å². The van der Waals surface area contributed by atoms with Crippen molar-refractivity contribution in [2.75, 3.05) is 38.2 Å². The molecule has 8 nitrogen and oxygen atoms in total. The average molecular weight is 550 g/mol. The van der Waals surface area contributed by atoms with Crippen molar-refractivity contribution in [2.45, 2.75) is 33.3 Å². The molecule has 1 aromatic heterocycles. The minimum Gasteiger partial charge on any atom is -0.488 e. The SMILES string of the molecule is Cc1ccc(OCc2ccc(C(=O)N(C)CCO)cc2C)c(-c2csc(N3C[C@@H]4CC[C@@H](C3)C4C(=O)O)n2)c1. The van der Waals surface area contributed by atoms with E-state index in [1.165, 1.54) is 4.90 Å². The topological polar surface area (TPSA) is 103 Å². The Kier molecular flexibility index (Phi) is 7.91. The van der Waals surface area contributed by atoms with Gasteiger partial charge >= 0.3 is 5.97 Å². The first-order valence-corrected chi connectivity index (χ1v) is 14.3. The number of rotatable bonds is 9. The molecule has 0 radical (unpaired) electrons. The predicted octanol–water partition coefficient (Wildman–Crippen LogP) is 4.62. The van der Waals surface area contributed by atoms with Crippen molar-refractivity contribution in [1.29, 1.82) is 0 Å². The molecule has 0 unspecified atom stereocenters. The number of piperidine rings is 1. The van der Waals surface area contributed by atoms with Gasteiger partial charge in [-0.05, 0) is 73.9 Å². The number of carboxylic acid groups (broad SMARTS) is 1. The van der Waals surface area contributed by atoms with Crippen molar-refractivity contribution < 1.29 is 24.5 Å². The summed E-state index contributed by atoms with van der Waals surface area (Å²) in [5.74, 6) is 0.103. The van der Waals surface area contributed by atoms with E-state index in [2.05, 4.69) is 16.3 Å². The highest BCUT2D eigenvalue weighted by molar-refractivity contribution is 7.14. The molecule has 206 valence electrons. The number of aliphatic carboxylic acids is 1. The zero-order chi connectivity index (χ0) is 27.7. The fraction of sp³-hybridized carbons (Fsp3) is 0.433. The number of likely N-dealkylation sites (N-methyl/N-ethyl adjacent to an activating group) is 1. The number of hydrogen-bond donors (Lipinski definition) is 2. The summed E-state index contributed by atoms with van der Waals surface area (Å²) in [6, 6.07) is 11.6. The lowest BCUT2D eigenvalue weighted by Gasteiger charge is -2.35. The van der Waals surface area contributed by atoms with Crippen molar-refractivity contribution in [3.63, 3.8) is 0 Å². The molecule has 9 heteroatoms. The number of aromatic nitrogens is 1. The predicted molar refractivity (Wildman–Crippen MR) is 151 cm³/mol. The molecule has 1 saturated heterocycles. The van der Waals surface area contributed by atoms with Gasteiger partial charge < -0.3 is 24.7 Å². The maximum Gasteiger partial charge on any atom is 0.307 e. The van der Waals surface area contributed by atoms with Crippen LogP contribution in [0.3, 0.4) is 0 Å². The molecule has 2 aromatic carbocycles. The largest absolute Gasteiger partial charge is 0.488 e. The van der Waals surface area contributed by atoms with E-state index in [1.54, 1.807) is 24.5 Å². The van der Waals surface area contributed by atoms with Crippen LogP contribution < -0.4 is 9.64 Å². The maximum atomic E-state index is 12.6. The van der Waals surface area contributed by atoms with Crippen LogP contribution in [0, 0.1) is 31.6 Å². The van der Waals surface area contributed by atoms with Crippen LogP contribution in [-0.4, -0.2) is 65.3 Å². The number of ether oxygens (including phenoxy) is 1. The number of thiazole rings is 1. The second kappa shape index (κ2) is 11.4. The van der Waals surface area contributed by atoms with Gasteiger partial charge in [0.25, 0.3) is 5.91 Å². The molecule has 2 N–H and O–H groups in total. The van der Waals surface area contributed by atoms with Crippen LogP contribution in [0.4, 0.5) is 5.13 Å². The van der Waals surface area contributed by atoms with Gasteiger partial charge in [-0.25, -0.2) is 4.98 Å². The number of benzene rings is 2. The Morgan fingerprint density at radius 1 is 1.13 bits per heavy atom. The van der Waals surface area contributed by atoms with Gasteiger partial charge in [0.1, 0.15) is 12.4 Å². The Balaban J connectivity index is 1.31. The first kappa shape index (κ1) is 27.1. The molecule has 5 rings (SSSR count). The maximum absolute atomic E-state index is 12.6. The minimum atomic E-state index is -0.658. The lowest BCUT2D eigenvalue weighted by molar-refractivity contribution is -0.144. The number of anilines is 1. The first-order valence-electron chi connectivity index (χ1n) is 13.4. The van der Waals surface area contributed by atoms with E-state index >= 15 is 0 Å². The monoisotopic (exact) mass is 549 g/mol. The molecule has 2 fully saturated rings. The van der Waals surface area contributed by atoms with Crippen LogP contribution in [0.2, 0.25) is 0 Å². The molecule has 1 aliphatic heterocycles. The van der Waals surface area contributed by atoms with Crippen LogP contribution in [0.25, 0.3) is 11.3 Å². The number of nitrogens with zero attached hydrogens (tertiary/aromatic N) is 3. The average Bonchev–Trinajstić information content (AvgIpc) is 3.51. The smallest absolute Gasteiger partial charge is 0.307 e. The van der Waals surface area contributed by atoms with E-state index < -0.39 is 5.97 Å². The molecule has 1 aliphatic carbocycles. The van der Waals surface area contributed by atoms with Gasteiger partial charge in [-0.3, -0.25) is 9.59 Å². The Morgan fingerprint density at radius 3 is 2.54 bits per heavy atom. The van der Waals surface area contributed by atoms with E-state index in [1.807, 2.05) is 38.1 Å². The quantitative estimate of drug-likeness (QED) is 0.402. The molecule has 0 spiro atoms. The van der Waals surface area contributed by atoms with E-state index in [4.69, 9.17) is 14.8 Å². The molecule has 39 heavy (non-hydrogen) atoms. The molecule has 2 aliphatic rings. The summed E-state index contributed by atoms with van der Waals surface area (Å²) in [7, 11) is 1.68. The summed E-state index contributed by atoms with van der Waals surface area (Å²) < 4.78 is 6.30. The lowest BCUT2D eigenvalue weighted by atomic mass is 9.85. The van der Waals surface area contributed by atoms with Crippen molar-refractivity contribution in [3.05, 3.63) is 64.0 Å². The number of fused-ring (bicyclic) bond motifs is 2. The third kappa shape index (κ3) is 5.65. The van der Waals surface area contributed by atoms with Gasteiger partial charge in [-0.1, -0.05) is 17.7 Å². The second-order valence-electron chi connectivity index (χ2n) is 10.8. The van der Waals surface area contributed by atoms with Gasteiger partial charge in [-0.15, -0.1) is 11.3 Å². The van der Waals surface area contributed by atoms with Crippen LogP contribution in [-0.2, 0) is 11.4 Å². The number of amides is 1. The Hall–Kier alpha value is -3.43. The fourth-order valence-corrected chi connectivity index (χ4v) is 6.75. The van der Waals surface area contributed by atoms with Gasteiger partial charge in [0.15, 0.2) is 5.13 Å². The van der Waals surface area contributed by atoms with E-state index in [9.17, 15) is 14.7 Å². The second-order valence-corrected chi connectivity index (χ2v) is 11.6. The highest BCUT2D eigenvalue weighted by Crippen LogP contribution is 2.44. The number of aliphatic hydroxyl groups excluding tert-OH is 1. The summed E-state index contributed by atoms with van der Waals surface area (Å²) in [4.78, 5) is 33.0. The van der Waals surface area contributed by atoms with E-state index in [-0.39, 0.29) is 30.3 Å². The number of aliphatic hydroxyl groups is 1. The normalized spacial score (nSPS) is 20.2. The van der Waals surface area contributed by atoms with E-state index in [0.717, 1.165) is 64.8 Å². The van der Waals surface area contributed by atoms with Crippen LogP contribution in [0.1, 0.15) is 39.9 Å². The van der Waals surface area contributed by atoms with Gasteiger partial charge in [0, 0.05) is 43.2 Å². The molecule has 1 amide bonds. The number of carbonyl (C=O) groups is 2. The molecule has 1 saturated carbocycles. The van der Waals surface area contributed by atoms with Crippen molar-refractivity contribution >= 4 is 28.3 Å². The van der Waals surface area contributed by atoms with Gasteiger partial charge in [-0.2, -0.15) is 0 Å². The Bertz CT molecular complexity index is 1360. The highest BCUT2D eigenvalue weighted by Gasteiger charge is 2.46. The molecule has 2 atom stereocenters. The first-order chi connectivity index (χ1) is 18.7. The van der Waals surface area contributed by atoms with Crippen molar-refractivity contribution in [3.8, 4) is 17.0 Å². The van der Waals surface area contributed by atoms with Crippen LogP contribution >= 0.6 is 11.3 Å². The van der Waals surface area contributed by atoms with Gasteiger partial charge in [0.2, 0.25) is 0 Å². The molecular weight excluding hydrogens is 514 g/mol. The summed E-state index contributed by atoms with van der Waals surface area (Å²) in [6.07, 6.45) is 1.94. The minimum absolute atomic E-state index is 0.0727. The summed E-state index contributed by atoms with van der Waals surface area (Å²) in [6.45, 7) is 6.06. The summed E-state index contributed by atoms with van der Waals surface area (Å²) >= 11 is 1.59.